The van der Waals surface area contributed by atoms with Gasteiger partial charge in [-0.3, -0.25) is 39.1 Å². The molecule has 0 atom stereocenters. The lowest BCUT2D eigenvalue weighted by atomic mass is 9.94. The summed E-state index contributed by atoms with van der Waals surface area (Å²) in [5, 5.41) is 31.6. The summed E-state index contributed by atoms with van der Waals surface area (Å²) >= 11 is 0. The molecular weight excluding hydrogens is 917 g/mol. The second-order valence-electron chi connectivity index (χ2n) is 13.3. The Labute approximate surface area is 371 Å². The van der Waals surface area contributed by atoms with E-state index < -0.39 is 87.9 Å². The van der Waals surface area contributed by atoms with E-state index in [0.29, 0.717) is 0 Å². The van der Waals surface area contributed by atoms with E-state index >= 15 is 0 Å². The lowest BCUT2D eigenvalue weighted by Crippen LogP contribution is -2.30. The molecule has 2 amide bonds. The molecule has 0 unspecified atom stereocenters. The van der Waals surface area contributed by atoms with Crippen LogP contribution in [-0.2, 0) is 29.8 Å². The zero-order valence-electron chi connectivity index (χ0n) is 34.1. The topological polar surface area (TPSA) is 361 Å². The minimum absolute atomic E-state index is 0.0490. The van der Waals surface area contributed by atoms with Gasteiger partial charge in [0.2, 0.25) is 11.6 Å². The van der Waals surface area contributed by atoms with Crippen molar-refractivity contribution < 1.29 is 83.9 Å². The fourth-order valence-corrected chi connectivity index (χ4v) is 7.79. The summed E-state index contributed by atoms with van der Waals surface area (Å²) in [4.78, 5) is 75.1. The van der Waals surface area contributed by atoms with Gasteiger partial charge in [-0.2, -0.15) is 27.0 Å². The lowest BCUT2D eigenvalue weighted by Gasteiger charge is -2.19. The highest BCUT2D eigenvalue weighted by Gasteiger charge is 2.35. The van der Waals surface area contributed by atoms with Gasteiger partial charge in [-0.25, -0.2) is 9.59 Å². The second kappa shape index (κ2) is 18.3. The Morgan fingerprint density at radius 1 is 0.545 bits per heavy atom. The molecule has 4 aromatic carbocycles. The molecule has 0 radical (unpaired) electrons. The first-order valence-corrected chi connectivity index (χ1v) is 21.0. The Bertz CT molecular complexity index is 2970. The zero-order valence-corrected chi connectivity index (χ0v) is 35.8. The number of carboxylic acids is 2. The molecule has 0 saturated carbocycles. The van der Waals surface area contributed by atoms with E-state index in [1.807, 2.05) is 0 Å². The van der Waals surface area contributed by atoms with Crippen LogP contribution >= 0.6 is 0 Å². The van der Waals surface area contributed by atoms with E-state index in [1.54, 1.807) is 0 Å². The van der Waals surface area contributed by atoms with Crippen molar-refractivity contribution in [2.24, 2.45) is 10.2 Å². The van der Waals surface area contributed by atoms with Crippen LogP contribution < -0.4 is 40.4 Å². The van der Waals surface area contributed by atoms with Crippen molar-refractivity contribution in [3.8, 4) is 23.0 Å². The van der Waals surface area contributed by atoms with Gasteiger partial charge in [0.05, 0.1) is 39.6 Å². The molecule has 8 N–H and O–H groups in total. The monoisotopic (exact) mass is 948 g/mol. The molecule has 26 heteroatoms. The molecule has 0 aliphatic heterocycles. The summed E-state index contributed by atoms with van der Waals surface area (Å²) in [5.41, 5.74) is 0.385. The fourth-order valence-electron chi connectivity index (χ4n) is 6.47. The van der Waals surface area contributed by atoms with Gasteiger partial charge >= 0.3 is 23.8 Å². The standard InChI is InChI=1S/C40H32N6O18S2/c1-61-25-11-9-23(39(51)52)29(35(25)63-3)43-45-31-27(65(55,56)57)15-17-13-19(5-7-21(17)33(31)47)41-37(49)38(50)42-20-6-8-22-18(14-20)16-28(66(58,59)60)32(34(22)48)46-44-30-24(40(53)54)10-12-26(62-2)36(30)64-4/h5-16,43-44H,1-4H3,(H,41,49)(H,42,50)(H,51,52)(H,53,54)(H,55,56,57)(H,58,59,60)/b45-31-,46-32-. The highest BCUT2D eigenvalue weighted by molar-refractivity contribution is 7.91. The summed E-state index contributed by atoms with van der Waals surface area (Å²) in [7, 11) is -5.52. The van der Waals surface area contributed by atoms with Crippen molar-refractivity contribution in [1.29, 1.82) is 0 Å². The molecule has 66 heavy (non-hydrogen) atoms. The van der Waals surface area contributed by atoms with Crippen LogP contribution in [0.4, 0.5) is 22.7 Å². The lowest BCUT2D eigenvalue weighted by molar-refractivity contribution is -0.132. The number of nitrogens with one attached hydrogen (secondary N) is 4. The van der Waals surface area contributed by atoms with Crippen LogP contribution in [0.5, 0.6) is 23.0 Å². The minimum Gasteiger partial charge on any atom is -0.493 e. The van der Waals surface area contributed by atoms with Crippen LogP contribution in [0.15, 0.2) is 80.7 Å². The number of carbonyl (C=O) groups is 6. The quantitative estimate of drug-likeness (QED) is 0.0509. The van der Waals surface area contributed by atoms with Gasteiger partial charge in [-0.1, -0.05) is 0 Å². The van der Waals surface area contributed by atoms with Gasteiger partial charge in [0.15, 0.2) is 34.4 Å². The molecular formula is C40H32N6O18S2. The number of nitrogens with zero attached hydrogens (tertiary/aromatic N) is 2. The maximum absolute atomic E-state index is 13.6. The number of rotatable bonds is 14. The summed E-state index contributed by atoms with van der Waals surface area (Å²) in [5.74, 6) is -7.93. The molecule has 0 saturated heterocycles. The number of carboxylic acid groups (broad SMARTS) is 2. The molecule has 24 nitrogen and oxygen atoms in total. The van der Waals surface area contributed by atoms with Crippen molar-refractivity contribution in [1.82, 2.24) is 0 Å². The Balaban J connectivity index is 1.24. The third-order valence-electron chi connectivity index (χ3n) is 9.45. The number of ketones is 2. The number of allylic oxidation sites excluding steroid dienone is 2. The summed E-state index contributed by atoms with van der Waals surface area (Å²) in [6.45, 7) is 0. The van der Waals surface area contributed by atoms with E-state index in [0.717, 1.165) is 48.6 Å². The molecule has 342 valence electrons. The van der Waals surface area contributed by atoms with Crippen molar-refractivity contribution in [3.63, 3.8) is 0 Å². The van der Waals surface area contributed by atoms with Gasteiger partial charge in [-0.15, -0.1) is 0 Å². The summed E-state index contributed by atoms with van der Waals surface area (Å²) in [6, 6.07) is 11.6. The molecule has 4 aromatic rings. The van der Waals surface area contributed by atoms with E-state index in [-0.39, 0.29) is 68.0 Å². The summed E-state index contributed by atoms with van der Waals surface area (Å²) < 4.78 is 91.0. The largest absolute Gasteiger partial charge is 0.493 e. The van der Waals surface area contributed by atoms with Crippen LogP contribution in [0, 0.1) is 0 Å². The number of hydrogen-bond acceptors (Lipinski definition) is 18. The van der Waals surface area contributed by atoms with Crippen LogP contribution in [0.2, 0.25) is 0 Å². The predicted molar refractivity (Wildman–Crippen MR) is 233 cm³/mol. The van der Waals surface area contributed by atoms with Crippen molar-refractivity contribution in [2.75, 3.05) is 49.9 Å². The fraction of sp³-hybridized carbons (Fsp3) is 0.100. The Morgan fingerprint density at radius 2 is 0.909 bits per heavy atom. The van der Waals surface area contributed by atoms with Gasteiger partial charge in [0.25, 0.3) is 20.2 Å². The zero-order chi connectivity index (χ0) is 48.4. The normalized spacial score (nSPS) is 14.5. The highest BCUT2D eigenvalue weighted by Crippen LogP contribution is 2.40. The van der Waals surface area contributed by atoms with Crippen molar-refractivity contribution >= 4 is 102 Å². The van der Waals surface area contributed by atoms with Crippen LogP contribution in [0.1, 0.15) is 52.6 Å². The first kappa shape index (κ1) is 47.0. The van der Waals surface area contributed by atoms with Crippen LogP contribution in [-0.4, -0.2) is 111 Å². The molecule has 0 bridgehead atoms. The van der Waals surface area contributed by atoms with Crippen molar-refractivity contribution in [2.45, 2.75) is 0 Å². The molecule has 0 spiro atoms. The number of anilines is 4. The predicted octanol–water partition coefficient (Wildman–Crippen LogP) is 3.48. The Morgan fingerprint density at radius 3 is 1.21 bits per heavy atom. The number of carbonyl (C=O) groups excluding carboxylic acids is 4. The average Bonchev–Trinajstić information content (AvgIpc) is 3.26. The van der Waals surface area contributed by atoms with Crippen LogP contribution in [0.25, 0.3) is 12.2 Å². The minimum atomic E-state index is -5.21. The number of aromatic carboxylic acids is 2. The number of Topliss-reactive ketones (excluding diaryl/α,β-unsaturated/α-hetero) is 2. The number of hydrazone groups is 2. The maximum Gasteiger partial charge on any atom is 0.338 e. The van der Waals surface area contributed by atoms with Crippen LogP contribution in [0.3, 0.4) is 0 Å². The number of fused-ring (bicyclic) bond motifs is 2. The number of amides is 2. The molecule has 0 heterocycles. The van der Waals surface area contributed by atoms with E-state index in [2.05, 4.69) is 31.7 Å². The number of ether oxygens (including phenoxy) is 4. The Hall–Kier alpha value is -8.46. The second-order valence-corrected chi connectivity index (χ2v) is 16.1. The Kier molecular flexibility index (Phi) is 13.1. The van der Waals surface area contributed by atoms with Gasteiger partial charge in [0, 0.05) is 22.5 Å². The van der Waals surface area contributed by atoms with Gasteiger partial charge in [0.1, 0.15) is 21.2 Å². The average molecular weight is 949 g/mol. The van der Waals surface area contributed by atoms with E-state index in [1.165, 1.54) is 52.7 Å². The number of benzene rings is 4. The van der Waals surface area contributed by atoms with Gasteiger partial charge in [-0.05, 0) is 83.9 Å². The number of methoxy groups -OCH3 is 4. The molecule has 2 aliphatic carbocycles. The maximum atomic E-state index is 13.6. The SMILES string of the molecule is COc1ccc(C(=O)O)c(N/N=C2\C(=O)c3ccc(NC(=O)C(=O)Nc4ccc5c(c4)C=C(S(=O)(=O)O)/C(=N/Nc4c(C(=O)O)ccc(OC)c4OC)C5=O)cc3C=C2S(=O)(=O)O)c1OC. The first-order chi connectivity index (χ1) is 31.1. The summed E-state index contributed by atoms with van der Waals surface area (Å²) in [6.07, 6.45) is 1.67. The first-order valence-electron chi connectivity index (χ1n) is 18.2. The third-order valence-corrected chi connectivity index (χ3v) is 11.2. The van der Waals surface area contributed by atoms with E-state index in [9.17, 15) is 64.9 Å². The number of hydrogen-bond donors (Lipinski definition) is 8. The third kappa shape index (κ3) is 9.26. The molecule has 2 aliphatic rings. The van der Waals surface area contributed by atoms with Crippen molar-refractivity contribution in [3.05, 3.63) is 104 Å². The van der Waals surface area contributed by atoms with E-state index in [4.69, 9.17) is 18.9 Å². The molecule has 6 rings (SSSR count). The molecule has 0 aromatic heterocycles. The smallest absolute Gasteiger partial charge is 0.338 e. The molecule has 0 fully saturated rings. The highest BCUT2D eigenvalue weighted by atomic mass is 32.2. The van der Waals surface area contributed by atoms with Gasteiger partial charge < -0.3 is 39.8 Å².